The number of benzene rings is 2. The maximum absolute atomic E-state index is 12.7. The summed E-state index contributed by atoms with van der Waals surface area (Å²) in [5.74, 6) is 0. The van der Waals surface area contributed by atoms with Gasteiger partial charge < -0.3 is 10.1 Å². The van der Waals surface area contributed by atoms with Gasteiger partial charge in [-0.3, -0.25) is 4.79 Å². The van der Waals surface area contributed by atoms with E-state index in [-0.39, 0.29) is 17.5 Å². The summed E-state index contributed by atoms with van der Waals surface area (Å²) in [6.07, 6.45) is 4.12. The normalized spacial score (nSPS) is 11.9. The largest absolute Gasteiger partial charge is 0.396 e. The third-order valence-corrected chi connectivity index (χ3v) is 5.35. The van der Waals surface area contributed by atoms with E-state index in [2.05, 4.69) is 37.9 Å². The first kappa shape index (κ1) is 19.4. The Hall–Kier alpha value is -2.39. The summed E-state index contributed by atoms with van der Waals surface area (Å²) in [5, 5.41) is 10.1. The molecule has 0 fully saturated rings. The highest BCUT2D eigenvalue weighted by molar-refractivity contribution is 5.83. The third-order valence-electron chi connectivity index (χ3n) is 5.35. The van der Waals surface area contributed by atoms with Crippen molar-refractivity contribution < 1.29 is 5.11 Å². The lowest BCUT2D eigenvalue weighted by atomic mass is 9.87. The van der Waals surface area contributed by atoms with Crippen LogP contribution in [0.5, 0.6) is 0 Å². The van der Waals surface area contributed by atoms with Crippen LogP contribution in [0.4, 0.5) is 0 Å². The summed E-state index contributed by atoms with van der Waals surface area (Å²) in [6, 6.07) is 15.8. The second-order valence-corrected chi connectivity index (χ2v) is 8.27. The highest BCUT2D eigenvalue weighted by Crippen LogP contribution is 2.25. The zero-order valence-electron chi connectivity index (χ0n) is 16.5. The molecule has 3 heteroatoms. The van der Waals surface area contributed by atoms with E-state index in [1.54, 1.807) is 6.07 Å². The zero-order valence-corrected chi connectivity index (χ0v) is 16.5. The molecule has 3 aromatic rings. The molecular formula is C24H29NO2. The van der Waals surface area contributed by atoms with Crippen molar-refractivity contribution >= 4 is 10.9 Å². The van der Waals surface area contributed by atoms with E-state index < -0.39 is 0 Å². The van der Waals surface area contributed by atoms with Crippen molar-refractivity contribution in [3.05, 3.63) is 69.9 Å². The van der Waals surface area contributed by atoms with E-state index in [4.69, 9.17) is 0 Å². The lowest BCUT2D eigenvalue weighted by Crippen LogP contribution is -2.16. The molecule has 2 N–H and O–H groups in total. The van der Waals surface area contributed by atoms with Crippen molar-refractivity contribution in [3.8, 4) is 11.3 Å². The van der Waals surface area contributed by atoms with E-state index in [9.17, 15) is 9.90 Å². The summed E-state index contributed by atoms with van der Waals surface area (Å²) < 4.78 is 0. The molecular weight excluding hydrogens is 334 g/mol. The monoisotopic (exact) mass is 363 g/mol. The van der Waals surface area contributed by atoms with Gasteiger partial charge in [-0.1, -0.05) is 50.6 Å². The SMILES string of the molecule is Cc1cc2[nH]c(-c3ccccc3)cc(=O)c2cc1CCCCC(C)(C)CO. The first-order chi connectivity index (χ1) is 12.9. The Bertz CT molecular complexity index is 971. The van der Waals surface area contributed by atoms with Crippen molar-refractivity contribution in [1.82, 2.24) is 4.98 Å². The fraction of sp³-hybridized carbons (Fsp3) is 0.375. The van der Waals surface area contributed by atoms with E-state index in [0.29, 0.717) is 0 Å². The minimum Gasteiger partial charge on any atom is -0.396 e. The highest BCUT2D eigenvalue weighted by atomic mass is 16.3. The quantitative estimate of drug-likeness (QED) is 0.564. The number of fused-ring (bicyclic) bond motifs is 1. The van der Waals surface area contributed by atoms with E-state index >= 15 is 0 Å². The van der Waals surface area contributed by atoms with Crippen molar-refractivity contribution in [2.75, 3.05) is 6.61 Å². The smallest absolute Gasteiger partial charge is 0.190 e. The molecule has 0 saturated carbocycles. The van der Waals surface area contributed by atoms with Crippen LogP contribution < -0.4 is 5.43 Å². The molecule has 2 aromatic carbocycles. The maximum atomic E-state index is 12.7. The standard InChI is InChI=1S/C24H29NO2/c1-17-13-22-20(14-19(17)11-7-8-12-24(2,3)16-26)23(27)15-21(25-22)18-9-5-4-6-10-18/h4-6,9-10,13-15,26H,7-8,11-12,16H2,1-3H3,(H,25,27). The van der Waals surface area contributed by atoms with Gasteiger partial charge in [-0.2, -0.15) is 0 Å². The fourth-order valence-corrected chi connectivity index (χ4v) is 3.49. The molecule has 142 valence electrons. The molecule has 0 radical (unpaired) electrons. The van der Waals surface area contributed by atoms with Crippen molar-refractivity contribution in [2.24, 2.45) is 5.41 Å². The number of hydrogen-bond donors (Lipinski definition) is 2. The summed E-state index contributed by atoms with van der Waals surface area (Å²) in [6.45, 7) is 6.53. The van der Waals surface area contributed by atoms with Crippen LogP contribution >= 0.6 is 0 Å². The average molecular weight is 364 g/mol. The van der Waals surface area contributed by atoms with E-state index in [1.807, 2.05) is 30.3 Å². The number of aliphatic hydroxyl groups is 1. The second kappa shape index (κ2) is 8.10. The molecule has 0 aliphatic rings. The van der Waals surface area contributed by atoms with Gasteiger partial charge in [0.1, 0.15) is 0 Å². The predicted octanol–water partition coefficient (Wildman–Crippen LogP) is 5.23. The Morgan fingerprint density at radius 2 is 1.78 bits per heavy atom. The van der Waals surface area contributed by atoms with Gasteiger partial charge in [-0.25, -0.2) is 0 Å². The molecule has 1 heterocycles. The molecule has 3 rings (SSSR count). The van der Waals surface area contributed by atoms with Crippen LogP contribution in [0.15, 0.2) is 53.3 Å². The molecule has 3 nitrogen and oxygen atoms in total. The number of rotatable bonds is 7. The molecule has 27 heavy (non-hydrogen) atoms. The van der Waals surface area contributed by atoms with Crippen LogP contribution in [0.2, 0.25) is 0 Å². The van der Waals surface area contributed by atoms with Gasteiger partial charge >= 0.3 is 0 Å². The maximum Gasteiger partial charge on any atom is 0.190 e. The van der Waals surface area contributed by atoms with Gasteiger partial charge in [0, 0.05) is 29.3 Å². The Kier molecular flexibility index (Phi) is 5.81. The lowest BCUT2D eigenvalue weighted by Gasteiger charge is -2.21. The number of aliphatic hydroxyl groups excluding tert-OH is 1. The van der Waals surface area contributed by atoms with Crippen LogP contribution in [0.1, 0.15) is 44.2 Å². The molecule has 0 aliphatic carbocycles. The minimum atomic E-state index is -0.0105. The number of aromatic nitrogens is 1. The Morgan fingerprint density at radius 1 is 1.04 bits per heavy atom. The fourth-order valence-electron chi connectivity index (χ4n) is 3.49. The van der Waals surface area contributed by atoms with Crippen LogP contribution in [0.3, 0.4) is 0 Å². The number of nitrogens with one attached hydrogen (secondary N) is 1. The first-order valence-corrected chi connectivity index (χ1v) is 9.72. The summed E-state index contributed by atoms with van der Waals surface area (Å²) in [5.41, 5.74) is 5.27. The lowest BCUT2D eigenvalue weighted by molar-refractivity contribution is 0.147. The number of unbranched alkanes of at least 4 members (excludes halogenated alkanes) is 1. The summed E-state index contributed by atoms with van der Waals surface area (Å²) >= 11 is 0. The van der Waals surface area contributed by atoms with Gasteiger partial charge in [-0.05, 0) is 60.4 Å². The van der Waals surface area contributed by atoms with Gasteiger partial charge in [0.2, 0.25) is 0 Å². The second-order valence-electron chi connectivity index (χ2n) is 8.27. The Labute approximate surface area is 161 Å². The van der Waals surface area contributed by atoms with Crippen LogP contribution in [0, 0.1) is 12.3 Å². The van der Waals surface area contributed by atoms with Gasteiger partial charge in [0.05, 0.1) is 0 Å². The molecule has 0 amide bonds. The number of aromatic amines is 1. The van der Waals surface area contributed by atoms with Crippen LogP contribution in [-0.2, 0) is 6.42 Å². The number of aryl methyl sites for hydroxylation is 2. The number of H-pyrrole nitrogens is 1. The average Bonchev–Trinajstić information content (AvgIpc) is 2.66. The number of hydrogen-bond acceptors (Lipinski definition) is 2. The zero-order chi connectivity index (χ0) is 19.4. The predicted molar refractivity (Wildman–Crippen MR) is 113 cm³/mol. The summed E-state index contributed by atoms with van der Waals surface area (Å²) in [4.78, 5) is 16.1. The molecule has 0 bridgehead atoms. The van der Waals surface area contributed by atoms with Gasteiger partial charge in [0.15, 0.2) is 5.43 Å². The molecule has 0 unspecified atom stereocenters. The van der Waals surface area contributed by atoms with Crippen molar-refractivity contribution in [1.29, 1.82) is 0 Å². The minimum absolute atomic E-state index is 0.0105. The van der Waals surface area contributed by atoms with Crippen LogP contribution in [0.25, 0.3) is 22.2 Å². The van der Waals surface area contributed by atoms with Gasteiger partial charge in [-0.15, -0.1) is 0 Å². The molecule has 0 saturated heterocycles. The third kappa shape index (κ3) is 4.67. The van der Waals surface area contributed by atoms with Gasteiger partial charge in [0.25, 0.3) is 0 Å². The van der Waals surface area contributed by atoms with E-state index in [0.717, 1.165) is 47.8 Å². The summed E-state index contributed by atoms with van der Waals surface area (Å²) in [7, 11) is 0. The molecule has 1 aromatic heterocycles. The first-order valence-electron chi connectivity index (χ1n) is 9.72. The highest BCUT2D eigenvalue weighted by Gasteiger charge is 2.15. The van der Waals surface area contributed by atoms with Crippen molar-refractivity contribution in [3.63, 3.8) is 0 Å². The van der Waals surface area contributed by atoms with Crippen molar-refractivity contribution in [2.45, 2.75) is 46.5 Å². The van der Waals surface area contributed by atoms with E-state index in [1.165, 1.54) is 11.1 Å². The number of pyridine rings is 1. The molecule has 0 aliphatic heterocycles. The topological polar surface area (TPSA) is 53.1 Å². The van der Waals surface area contributed by atoms with Crippen LogP contribution in [-0.4, -0.2) is 16.7 Å². The molecule has 0 spiro atoms. The Balaban J connectivity index is 1.82. The Morgan fingerprint density at radius 3 is 2.48 bits per heavy atom. The molecule has 0 atom stereocenters.